The number of carbonyl (C=O) groups excluding carboxylic acids is 1. The highest BCUT2D eigenvalue weighted by atomic mass is 32.2. The molecule has 26 heavy (non-hydrogen) atoms. The van der Waals surface area contributed by atoms with Gasteiger partial charge in [-0.1, -0.05) is 48.2 Å². The van der Waals surface area contributed by atoms with Crippen molar-refractivity contribution in [1.82, 2.24) is 20.2 Å². The van der Waals surface area contributed by atoms with Gasteiger partial charge in [0.25, 0.3) is 5.91 Å². The van der Waals surface area contributed by atoms with Gasteiger partial charge in [-0.05, 0) is 42.7 Å². The van der Waals surface area contributed by atoms with Gasteiger partial charge in [0.2, 0.25) is 0 Å². The molecule has 2 aromatic carbocycles. The molecule has 3 aromatic rings. The predicted molar refractivity (Wildman–Crippen MR) is 101 cm³/mol. The van der Waals surface area contributed by atoms with E-state index in [0.29, 0.717) is 11.8 Å². The van der Waals surface area contributed by atoms with Crippen LogP contribution in [-0.2, 0) is 16.2 Å². The summed E-state index contributed by atoms with van der Waals surface area (Å²) in [6, 6.07) is 15.8. The van der Waals surface area contributed by atoms with Crippen molar-refractivity contribution in [2.45, 2.75) is 25.6 Å². The minimum atomic E-state index is -0.222. The molecule has 6 nitrogen and oxygen atoms in total. The van der Waals surface area contributed by atoms with E-state index in [0.717, 1.165) is 11.3 Å². The molecule has 1 amide bonds. The number of thioether (sulfide) groups is 1. The standard InChI is InChI=1S/C19H20N4O2S/c1-14-8-9-17(10-15(14)2)23-13-20-21-19(23)26-12-18(24)22-25-11-16-6-4-3-5-7-16/h3-10,13H,11-12H2,1-2H3,(H,22,24). The molecule has 0 radical (unpaired) electrons. The SMILES string of the molecule is Cc1ccc(-n2cnnc2SCC(=O)NOCc2ccccc2)cc1C. The molecule has 0 saturated carbocycles. The van der Waals surface area contributed by atoms with E-state index in [-0.39, 0.29) is 11.7 Å². The van der Waals surface area contributed by atoms with Crippen LogP contribution in [0.5, 0.6) is 0 Å². The fourth-order valence-corrected chi connectivity index (χ4v) is 3.02. The van der Waals surface area contributed by atoms with E-state index in [9.17, 15) is 4.79 Å². The second kappa shape index (κ2) is 8.64. The van der Waals surface area contributed by atoms with Gasteiger partial charge < -0.3 is 0 Å². The minimum Gasteiger partial charge on any atom is -0.277 e. The molecule has 0 spiro atoms. The number of hydrogen-bond acceptors (Lipinski definition) is 5. The molecule has 1 N–H and O–H groups in total. The molecule has 0 saturated heterocycles. The molecule has 0 aliphatic heterocycles. The van der Waals surface area contributed by atoms with Crippen LogP contribution in [0, 0.1) is 13.8 Å². The topological polar surface area (TPSA) is 69.0 Å². The molecule has 0 atom stereocenters. The van der Waals surface area contributed by atoms with Crippen LogP contribution in [0.25, 0.3) is 5.69 Å². The molecule has 0 aliphatic rings. The number of aromatic nitrogens is 3. The number of nitrogens with one attached hydrogen (secondary N) is 1. The molecular weight excluding hydrogens is 348 g/mol. The third-order valence-corrected chi connectivity index (χ3v) is 4.83. The fraction of sp³-hybridized carbons (Fsp3) is 0.211. The van der Waals surface area contributed by atoms with Gasteiger partial charge in [0.05, 0.1) is 12.4 Å². The molecule has 0 aliphatic carbocycles. The maximum atomic E-state index is 12.0. The molecule has 0 bridgehead atoms. The van der Waals surface area contributed by atoms with Crippen molar-refractivity contribution < 1.29 is 9.63 Å². The Kier molecular flexibility index (Phi) is 6.04. The zero-order valence-corrected chi connectivity index (χ0v) is 15.5. The lowest BCUT2D eigenvalue weighted by Gasteiger charge is -2.09. The summed E-state index contributed by atoms with van der Waals surface area (Å²) in [7, 11) is 0. The first-order valence-corrected chi connectivity index (χ1v) is 9.17. The quantitative estimate of drug-likeness (QED) is 0.512. The summed E-state index contributed by atoms with van der Waals surface area (Å²) in [6.45, 7) is 4.46. The number of nitrogens with zero attached hydrogens (tertiary/aromatic N) is 3. The molecule has 134 valence electrons. The molecular formula is C19H20N4O2S. The Balaban J connectivity index is 1.53. The fourth-order valence-electron chi connectivity index (χ4n) is 2.31. The van der Waals surface area contributed by atoms with Gasteiger partial charge in [-0.15, -0.1) is 10.2 Å². The molecule has 0 unspecified atom stereocenters. The summed E-state index contributed by atoms with van der Waals surface area (Å²) in [5.74, 6) is -0.0289. The number of benzene rings is 2. The number of aryl methyl sites for hydroxylation is 2. The third-order valence-electron chi connectivity index (χ3n) is 3.89. The zero-order valence-electron chi connectivity index (χ0n) is 14.7. The molecule has 1 aromatic heterocycles. The lowest BCUT2D eigenvalue weighted by atomic mass is 10.1. The van der Waals surface area contributed by atoms with Crippen LogP contribution in [-0.4, -0.2) is 26.4 Å². The van der Waals surface area contributed by atoms with Crippen LogP contribution in [0.3, 0.4) is 0 Å². The predicted octanol–water partition coefficient (Wildman–Crippen LogP) is 3.22. The van der Waals surface area contributed by atoms with E-state index < -0.39 is 0 Å². The summed E-state index contributed by atoms with van der Waals surface area (Å²) in [5, 5.41) is 8.72. The van der Waals surface area contributed by atoms with Crippen LogP contribution in [0.1, 0.15) is 16.7 Å². The highest BCUT2D eigenvalue weighted by Crippen LogP contribution is 2.21. The van der Waals surface area contributed by atoms with Crippen molar-refractivity contribution in [3.8, 4) is 5.69 Å². The highest BCUT2D eigenvalue weighted by Gasteiger charge is 2.11. The maximum Gasteiger partial charge on any atom is 0.254 e. The van der Waals surface area contributed by atoms with Gasteiger partial charge >= 0.3 is 0 Å². The van der Waals surface area contributed by atoms with Gasteiger partial charge in [0.1, 0.15) is 6.33 Å². The normalized spacial score (nSPS) is 10.7. The van der Waals surface area contributed by atoms with Crippen LogP contribution >= 0.6 is 11.8 Å². The van der Waals surface area contributed by atoms with Crippen molar-refractivity contribution in [3.63, 3.8) is 0 Å². The molecule has 3 rings (SSSR count). The van der Waals surface area contributed by atoms with Crippen LogP contribution in [0.2, 0.25) is 0 Å². The first-order chi connectivity index (χ1) is 12.6. The van der Waals surface area contributed by atoms with Crippen molar-refractivity contribution >= 4 is 17.7 Å². The van der Waals surface area contributed by atoms with E-state index in [2.05, 4.69) is 41.7 Å². The zero-order chi connectivity index (χ0) is 18.4. The summed E-state index contributed by atoms with van der Waals surface area (Å²) >= 11 is 1.31. The Labute approximate surface area is 156 Å². The summed E-state index contributed by atoms with van der Waals surface area (Å²) in [5.41, 5.74) is 6.84. The largest absolute Gasteiger partial charge is 0.277 e. The van der Waals surface area contributed by atoms with E-state index in [4.69, 9.17) is 4.84 Å². The Morgan fingerprint density at radius 1 is 1.15 bits per heavy atom. The average molecular weight is 368 g/mol. The first-order valence-electron chi connectivity index (χ1n) is 8.18. The molecule has 1 heterocycles. The van der Waals surface area contributed by atoms with Crippen molar-refractivity contribution in [2.75, 3.05) is 5.75 Å². The van der Waals surface area contributed by atoms with Crippen LogP contribution in [0.4, 0.5) is 0 Å². The Bertz CT molecular complexity index is 880. The summed E-state index contributed by atoms with van der Waals surface area (Å²) < 4.78 is 1.87. The van der Waals surface area contributed by atoms with Gasteiger partial charge in [-0.25, -0.2) is 5.48 Å². The number of amides is 1. The number of hydroxylamine groups is 1. The average Bonchev–Trinajstić information content (AvgIpc) is 3.12. The summed E-state index contributed by atoms with van der Waals surface area (Å²) in [6.07, 6.45) is 1.65. The monoisotopic (exact) mass is 368 g/mol. The number of hydrogen-bond donors (Lipinski definition) is 1. The van der Waals surface area contributed by atoms with Gasteiger partial charge in [-0.3, -0.25) is 14.2 Å². The van der Waals surface area contributed by atoms with Crippen molar-refractivity contribution in [2.24, 2.45) is 0 Å². The van der Waals surface area contributed by atoms with Crippen molar-refractivity contribution in [3.05, 3.63) is 71.5 Å². The van der Waals surface area contributed by atoms with E-state index >= 15 is 0 Å². The van der Waals surface area contributed by atoms with Gasteiger partial charge in [0.15, 0.2) is 5.16 Å². The lowest BCUT2D eigenvalue weighted by Crippen LogP contribution is -2.25. The first kappa shape index (κ1) is 18.2. The van der Waals surface area contributed by atoms with E-state index in [1.165, 1.54) is 22.9 Å². The van der Waals surface area contributed by atoms with Crippen molar-refractivity contribution in [1.29, 1.82) is 0 Å². The molecule has 7 heteroatoms. The van der Waals surface area contributed by atoms with Gasteiger partial charge in [-0.2, -0.15) is 0 Å². The molecule has 0 fully saturated rings. The minimum absolute atomic E-state index is 0.193. The number of carbonyl (C=O) groups is 1. The number of rotatable bonds is 7. The second-order valence-electron chi connectivity index (χ2n) is 5.84. The lowest BCUT2D eigenvalue weighted by molar-refractivity contribution is -0.131. The summed E-state index contributed by atoms with van der Waals surface area (Å²) in [4.78, 5) is 17.2. The van der Waals surface area contributed by atoms with E-state index in [1.807, 2.05) is 41.0 Å². The van der Waals surface area contributed by atoms with Gasteiger partial charge in [0, 0.05) is 5.69 Å². The van der Waals surface area contributed by atoms with Crippen LogP contribution < -0.4 is 5.48 Å². The second-order valence-corrected chi connectivity index (χ2v) is 6.78. The smallest absolute Gasteiger partial charge is 0.254 e. The maximum absolute atomic E-state index is 12.0. The Morgan fingerprint density at radius 2 is 1.96 bits per heavy atom. The Hall–Kier alpha value is -2.64. The Morgan fingerprint density at radius 3 is 2.73 bits per heavy atom. The van der Waals surface area contributed by atoms with Crippen LogP contribution in [0.15, 0.2) is 60.0 Å². The van der Waals surface area contributed by atoms with E-state index in [1.54, 1.807) is 6.33 Å². The third kappa shape index (κ3) is 4.71. The highest BCUT2D eigenvalue weighted by molar-refractivity contribution is 7.99.